The van der Waals surface area contributed by atoms with E-state index in [9.17, 15) is 9.59 Å². The molecule has 1 atom stereocenters. The Hall–Kier alpha value is -2.22. The number of anilines is 1. The fourth-order valence-electron chi connectivity index (χ4n) is 3.30. The first kappa shape index (κ1) is 21.5. The standard InChI is InChI=1S/C22H26BrN3O3/c23-19-10-4-5-11-20(19)25-21(27)13-24-22(28)16-26(15-18-9-6-12-29-18)14-17-7-2-1-3-8-17/h1-5,7-8,10-11,18H,6,9,12-16H2,(H,24,28)(H,25,27). The van der Waals surface area contributed by atoms with Crippen molar-refractivity contribution >= 4 is 33.4 Å². The summed E-state index contributed by atoms with van der Waals surface area (Å²) in [5, 5.41) is 5.50. The van der Waals surface area contributed by atoms with Crippen molar-refractivity contribution in [3.63, 3.8) is 0 Å². The minimum Gasteiger partial charge on any atom is -0.377 e. The zero-order valence-electron chi connectivity index (χ0n) is 16.3. The number of hydrogen-bond donors (Lipinski definition) is 2. The van der Waals surface area contributed by atoms with Crippen LogP contribution in [0.4, 0.5) is 5.69 Å². The molecule has 6 nitrogen and oxygen atoms in total. The van der Waals surface area contributed by atoms with Crippen LogP contribution in [0.2, 0.25) is 0 Å². The van der Waals surface area contributed by atoms with Crippen molar-refractivity contribution in [2.45, 2.75) is 25.5 Å². The van der Waals surface area contributed by atoms with E-state index < -0.39 is 0 Å². The maximum absolute atomic E-state index is 12.5. The molecular weight excluding hydrogens is 434 g/mol. The molecule has 2 N–H and O–H groups in total. The van der Waals surface area contributed by atoms with Gasteiger partial charge in [-0.1, -0.05) is 42.5 Å². The second kappa shape index (κ2) is 11.1. The van der Waals surface area contributed by atoms with Gasteiger partial charge in [0.2, 0.25) is 11.8 Å². The minimum atomic E-state index is -0.265. The second-order valence-electron chi connectivity index (χ2n) is 7.10. The second-order valence-corrected chi connectivity index (χ2v) is 7.95. The minimum absolute atomic E-state index is 0.0702. The van der Waals surface area contributed by atoms with E-state index in [1.807, 2.05) is 48.5 Å². The Morgan fingerprint density at radius 2 is 1.83 bits per heavy atom. The van der Waals surface area contributed by atoms with Crippen LogP contribution in [-0.2, 0) is 20.9 Å². The molecule has 154 valence electrons. The van der Waals surface area contributed by atoms with Crippen molar-refractivity contribution in [2.75, 3.05) is 31.6 Å². The van der Waals surface area contributed by atoms with Crippen LogP contribution >= 0.6 is 15.9 Å². The Morgan fingerprint density at radius 1 is 1.07 bits per heavy atom. The van der Waals surface area contributed by atoms with E-state index in [4.69, 9.17) is 4.74 Å². The highest BCUT2D eigenvalue weighted by Gasteiger charge is 2.21. The van der Waals surface area contributed by atoms with E-state index in [1.54, 1.807) is 6.07 Å². The van der Waals surface area contributed by atoms with Crippen LogP contribution in [0.1, 0.15) is 18.4 Å². The Morgan fingerprint density at radius 3 is 2.55 bits per heavy atom. The molecule has 0 aromatic heterocycles. The van der Waals surface area contributed by atoms with Crippen molar-refractivity contribution in [3.05, 3.63) is 64.6 Å². The van der Waals surface area contributed by atoms with Crippen molar-refractivity contribution in [2.24, 2.45) is 0 Å². The van der Waals surface area contributed by atoms with Gasteiger partial charge < -0.3 is 15.4 Å². The highest BCUT2D eigenvalue weighted by atomic mass is 79.9. The van der Waals surface area contributed by atoms with Gasteiger partial charge in [-0.2, -0.15) is 0 Å². The maximum Gasteiger partial charge on any atom is 0.243 e. The van der Waals surface area contributed by atoms with E-state index in [0.717, 1.165) is 29.5 Å². The van der Waals surface area contributed by atoms with Crippen LogP contribution in [0.3, 0.4) is 0 Å². The van der Waals surface area contributed by atoms with Crippen molar-refractivity contribution in [1.29, 1.82) is 0 Å². The highest BCUT2D eigenvalue weighted by molar-refractivity contribution is 9.10. The molecular formula is C22H26BrN3O3. The van der Waals surface area contributed by atoms with E-state index in [-0.39, 0.29) is 31.0 Å². The topological polar surface area (TPSA) is 70.7 Å². The van der Waals surface area contributed by atoms with Crippen molar-refractivity contribution in [3.8, 4) is 0 Å². The molecule has 1 aliphatic heterocycles. The van der Waals surface area contributed by atoms with Crippen LogP contribution in [0.25, 0.3) is 0 Å². The van der Waals surface area contributed by atoms with Crippen LogP contribution < -0.4 is 10.6 Å². The Labute approximate surface area is 179 Å². The lowest BCUT2D eigenvalue weighted by Gasteiger charge is -2.24. The van der Waals surface area contributed by atoms with Gasteiger partial charge in [0, 0.05) is 24.2 Å². The SMILES string of the molecule is O=C(CN(Cc1ccccc1)CC1CCCO1)NCC(=O)Nc1ccccc1Br. The van der Waals surface area contributed by atoms with Gasteiger partial charge in [-0.15, -0.1) is 0 Å². The number of para-hydroxylation sites is 1. The van der Waals surface area contributed by atoms with Gasteiger partial charge in [-0.05, 0) is 46.5 Å². The number of ether oxygens (including phenoxy) is 1. The number of carbonyl (C=O) groups is 2. The first-order valence-electron chi connectivity index (χ1n) is 9.79. The molecule has 29 heavy (non-hydrogen) atoms. The number of nitrogens with one attached hydrogen (secondary N) is 2. The molecule has 0 spiro atoms. The summed E-state index contributed by atoms with van der Waals surface area (Å²) in [5.74, 6) is -0.444. The summed E-state index contributed by atoms with van der Waals surface area (Å²) in [7, 11) is 0. The number of benzene rings is 2. The van der Waals surface area contributed by atoms with Crippen LogP contribution in [0.5, 0.6) is 0 Å². The number of halogens is 1. The molecule has 2 aromatic rings. The number of hydrogen-bond acceptors (Lipinski definition) is 4. The van der Waals surface area contributed by atoms with Gasteiger partial charge in [0.1, 0.15) is 0 Å². The molecule has 1 fully saturated rings. The molecule has 0 saturated carbocycles. The van der Waals surface area contributed by atoms with Gasteiger partial charge in [-0.3, -0.25) is 14.5 Å². The van der Waals surface area contributed by atoms with Crippen molar-refractivity contribution in [1.82, 2.24) is 10.2 Å². The molecule has 7 heteroatoms. The van der Waals surface area contributed by atoms with E-state index >= 15 is 0 Å². The molecule has 0 radical (unpaired) electrons. The summed E-state index contributed by atoms with van der Waals surface area (Å²) in [4.78, 5) is 26.7. The Balaban J connectivity index is 1.50. The normalized spacial score (nSPS) is 16.0. The van der Waals surface area contributed by atoms with E-state index in [0.29, 0.717) is 18.8 Å². The predicted octanol–water partition coefficient (Wildman–Crippen LogP) is 3.19. The van der Waals surface area contributed by atoms with Crippen LogP contribution in [0, 0.1) is 0 Å². The largest absolute Gasteiger partial charge is 0.377 e. The lowest BCUT2D eigenvalue weighted by Crippen LogP contribution is -2.42. The summed E-state index contributed by atoms with van der Waals surface area (Å²) in [5.41, 5.74) is 1.82. The van der Waals surface area contributed by atoms with Gasteiger partial charge in [0.25, 0.3) is 0 Å². The molecule has 2 aromatic carbocycles. The summed E-state index contributed by atoms with van der Waals surface area (Å²) in [6, 6.07) is 17.4. The molecule has 1 saturated heterocycles. The Bertz CT molecular complexity index is 810. The molecule has 3 rings (SSSR count). The fourth-order valence-corrected chi connectivity index (χ4v) is 3.68. The molecule has 1 aliphatic rings. The lowest BCUT2D eigenvalue weighted by molar-refractivity contribution is -0.125. The fraction of sp³-hybridized carbons (Fsp3) is 0.364. The van der Waals surface area contributed by atoms with Gasteiger partial charge in [-0.25, -0.2) is 0 Å². The molecule has 1 unspecified atom stereocenters. The average Bonchev–Trinajstić information content (AvgIpc) is 3.22. The smallest absolute Gasteiger partial charge is 0.243 e. The zero-order valence-corrected chi connectivity index (χ0v) is 17.9. The molecule has 0 bridgehead atoms. The quantitative estimate of drug-likeness (QED) is 0.603. The molecule has 1 heterocycles. The van der Waals surface area contributed by atoms with Crippen LogP contribution in [0.15, 0.2) is 59.1 Å². The zero-order chi connectivity index (χ0) is 20.5. The lowest BCUT2D eigenvalue weighted by atomic mass is 10.2. The number of nitrogens with zero attached hydrogens (tertiary/aromatic N) is 1. The van der Waals surface area contributed by atoms with E-state index in [1.165, 1.54) is 0 Å². The average molecular weight is 460 g/mol. The monoisotopic (exact) mass is 459 g/mol. The third kappa shape index (κ3) is 7.27. The molecule has 2 amide bonds. The first-order valence-corrected chi connectivity index (χ1v) is 10.6. The summed E-state index contributed by atoms with van der Waals surface area (Å²) >= 11 is 3.39. The third-order valence-electron chi connectivity index (χ3n) is 4.70. The van der Waals surface area contributed by atoms with Gasteiger partial charge >= 0.3 is 0 Å². The summed E-state index contributed by atoms with van der Waals surface area (Å²) < 4.78 is 6.53. The highest BCUT2D eigenvalue weighted by Crippen LogP contribution is 2.20. The summed E-state index contributed by atoms with van der Waals surface area (Å²) in [6.45, 7) is 2.30. The molecule has 0 aliphatic carbocycles. The maximum atomic E-state index is 12.5. The first-order chi connectivity index (χ1) is 14.1. The van der Waals surface area contributed by atoms with Gasteiger partial charge in [0.05, 0.1) is 24.9 Å². The van der Waals surface area contributed by atoms with E-state index in [2.05, 4.69) is 31.5 Å². The predicted molar refractivity (Wildman–Crippen MR) is 116 cm³/mol. The van der Waals surface area contributed by atoms with Crippen LogP contribution in [-0.4, -0.2) is 49.1 Å². The number of rotatable bonds is 9. The number of carbonyl (C=O) groups excluding carboxylic acids is 2. The number of amides is 2. The Kier molecular flexibility index (Phi) is 8.22. The summed E-state index contributed by atoms with van der Waals surface area (Å²) in [6.07, 6.45) is 2.23. The van der Waals surface area contributed by atoms with Gasteiger partial charge in [0.15, 0.2) is 0 Å². The van der Waals surface area contributed by atoms with Crippen molar-refractivity contribution < 1.29 is 14.3 Å². The third-order valence-corrected chi connectivity index (χ3v) is 5.39.